The van der Waals surface area contributed by atoms with Gasteiger partial charge in [-0.05, 0) is 0 Å². The topological polar surface area (TPSA) is 0 Å². The fourth-order valence-corrected chi connectivity index (χ4v) is 3.05. The third kappa shape index (κ3) is 2.22. The Kier molecular flexibility index (Phi) is 4.61. The molecule has 0 aliphatic carbocycles. The first-order chi connectivity index (χ1) is 9.17. The fraction of sp³-hybridized carbons (Fsp3) is 0.667. The van der Waals surface area contributed by atoms with E-state index in [0.717, 1.165) is 0 Å². The van der Waals surface area contributed by atoms with E-state index in [1.165, 1.54) is 0 Å². The van der Waals surface area contributed by atoms with Crippen LogP contribution in [-0.2, 0) is 0 Å². The van der Waals surface area contributed by atoms with Crippen molar-refractivity contribution < 1.29 is 65.5 Å². The molecule has 0 aliphatic heterocycles. The summed E-state index contributed by atoms with van der Waals surface area (Å²) in [7, 11) is -11.6. The van der Waals surface area contributed by atoms with Crippen molar-refractivity contribution in [2.75, 3.05) is 0 Å². The molecule has 0 nitrogen and oxygen atoms in total. The van der Waals surface area contributed by atoms with E-state index in [9.17, 15) is 65.5 Å². The Morgan fingerprint density at radius 1 is 0.545 bits per heavy atom. The van der Waals surface area contributed by atoms with Crippen LogP contribution in [0.1, 0.15) is 0 Å². The quantitative estimate of drug-likeness (QED) is 0.375. The van der Waals surface area contributed by atoms with Crippen LogP contribution in [0.4, 0.5) is 65.5 Å². The summed E-state index contributed by atoms with van der Waals surface area (Å²) in [6.07, 6.45) is -20.6. The van der Waals surface area contributed by atoms with Gasteiger partial charge in [0.25, 0.3) is 0 Å². The summed E-state index contributed by atoms with van der Waals surface area (Å²) < 4.78 is 183. The number of hydrogen-bond acceptors (Lipinski definition) is 0. The van der Waals surface area contributed by atoms with Crippen LogP contribution < -0.4 is 0 Å². The van der Waals surface area contributed by atoms with Gasteiger partial charge in [-0.2, -0.15) is 0 Å². The Balaban J connectivity index is 7.16. The molecule has 0 saturated heterocycles. The molecule has 0 fully saturated rings. The van der Waals surface area contributed by atoms with Crippen molar-refractivity contribution in [3.05, 3.63) is 11.6 Å². The van der Waals surface area contributed by atoms with Crippen LogP contribution in [0.5, 0.6) is 0 Å². The summed E-state index contributed by atoms with van der Waals surface area (Å²) >= 11 is 0. The van der Waals surface area contributed by atoms with Gasteiger partial charge >= 0.3 is 108 Å². The maximum atomic E-state index is 13.3. The predicted molar refractivity (Wildman–Crippen MR) is 41.5 cm³/mol. The summed E-state index contributed by atoms with van der Waals surface area (Å²) in [4.78, 5) is 0. The molecule has 22 heavy (non-hydrogen) atoms. The normalized spacial score (nSPS) is 17.0. The third-order valence-electron chi connectivity index (χ3n) is 2.17. The second-order valence-corrected chi connectivity index (χ2v) is 6.86. The Hall–Kier alpha value is -0.880. The molecule has 0 atom stereocenters. The summed E-state index contributed by atoms with van der Waals surface area (Å²) in [5.41, 5.74) is -22.3. The van der Waals surface area contributed by atoms with Crippen molar-refractivity contribution >= 4 is 7.22 Å². The minimum absolute atomic E-state index is 4.87. The molecule has 0 amide bonds. The van der Waals surface area contributed by atoms with Gasteiger partial charge in [-0.1, -0.05) is 0 Å². The summed E-state index contributed by atoms with van der Waals surface area (Å²) in [6.45, 7) is 0. The van der Waals surface area contributed by atoms with Crippen molar-refractivity contribution in [3.63, 3.8) is 0 Å². The number of rotatable bonds is 3. The zero-order chi connectivity index (χ0) is 18.6. The fourth-order valence-electron chi connectivity index (χ4n) is 1.02. The van der Waals surface area contributed by atoms with Crippen LogP contribution in [0.3, 0.4) is 0 Å². The van der Waals surface area contributed by atoms with E-state index >= 15 is 0 Å². The average molecular weight is 388 g/mol. The first-order valence-electron chi connectivity index (χ1n) is 4.22. The Bertz CT molecular complexity index is 443. The second kappa shape index (κ2) is 4.81. The Labute approximate surface area is 109 Å². The van der Waals surface area contributed by atoms with Crippen molar-refractivity contribution in [2.45, 2.75) is 23.7 Å². The van der Waals surface area contributed by atoms with E-state index in [-0.39, 0.29) is 0 Å². The van der Waals surface area contributed by atoms with Crippen LogP contribution in [0, 0.1) is 0 Å². The zero-order valence-corrected chi connectivity index (χ0v) is 10.0. The van der Waals surface area contributed by atoms with Crippen molar-refractivity contribution in [3.8, 4) is 0 Å². The standard InChI is InChI=1S/C6F15P/c7-1(8)2(9)22(20,21,5(16,17)3(10,11)12)6(18,19)4(13,14)15. The molecule has 0 aromatic heterocycles. The van der Waals surface area contributed by atoms with E-state index in [4.69, 9.17) is 0 Å². The summed E-state index contributed by atoms with van der Waals surface area (Å²) in [5, 5.41) is 0. The van der Waals surface area contributed by atoms with Gasteiger partial charge in [-0.15, -0.1) is 0 Å². The molecule has 0 bridgehead atoms. The van der Waals surface area contributed by atoms with Crippen LogP contribution in [0.15, 0.2) is 11.6 Å². The van der Waals surface area contributed by atoms with Crippen LogP contribution in [0.2, 0.25) is 0 Å². The van der Waals surface area contributed by atoms with Gasteiger partial charge in [0.05, 0.1) is 0 Å². The van der Waals surface area contributed by atoms with Crippen molar-refractivity contribution in [1.82, 2.24) is 0 Å². The van der Waals surface area contributed by atoms with Gasteiger partial charge in [0.2, 0.25) is 0 Å². The molecule has 0 spiro atoms. The molecule has 0 saturated carbocycles. The summed E-state index contributed by atoms with van der Waals surface area (Å²) in [6, 6.07) is 0. The number of alkyl halides is 10. The number of halogens is 15. The Morgan fingerprint density at radius 3 is 0.909 bits per heavy atom. The first kappa shape index (κ1) is 21.1. The van der Waals surface area contributed by atoms with Gasteiger partial charge in [0, 0.05) is 0 Å². The predicted octanol–water partition coefficient (Wildman–Crippen LogP) is 6.65. The second-order valence-electron chi connectivity index (χ2n) is 3.54. The van der Waals surface area contributed by atoms with E-state index < -0.39 is 42.6 Å². The molecule has 0 aromatic rings. The van der Waals surface area contributed by atoms with E-state index in [1.54, 1.807) is 0 Å². The van der Waals surface area contributed by atoms with Gasteiger partial charge in [0.1, 0.15) is 0 Å². The van der Waals surface area contributed by atoms with Gasteiger partial charge in [-0.3, -0.25) is 0 Å². The van der Waals surface area contributed by atoms with Crippen molar-refractivity contribution in [2.24, 2.45) is 0 Å². The molecule has 0 aromatic carbocycles. The van der Waals surface area contributed by atoms with Gasteiger partial charge < -0.3 is 0 Å². The molecule has 0 heterocycles. The van der Waals surface area contributed by atoms with Gasteiger partial charge in [-0.25, -0.2) is 0 Å². The molecule has 134 valence electrons. The molecule has 0 radical (unpaired) electrons. The molecule has 16 heteroatoms. The van der Waals surface area contributed by atoms with Crippen LogP contribution in [-0.4, -0.2) is 23.7 Å². The molecular weight excluding hydrogens is 388 g/mol. The molecule has 0 unspecified atom stereocenters. The average Bonchev–Trinajstić information content (AvgIpc) is 2.24. The Morgan fingerprint density at radius 2 is 0.773 bits per heavy atom. The van der Waals surface area contributed by atoms with E-state index in [2.05, 4.69) is 0 Å². The molecular formula is C6F15P. The van der Waals surface area contributed by atoms with Crippen molar-refractivity contribution in [1.29, 1.82) is 0 Å². The molecule has 0 rings (SSSR count). The monoisotopic (exact) mass is 388 g/mol. The van der Waals surface area contributed by atoms with Crippen LogP contribution >= 0.6 is 7.22 Å². The SMILES string of the molecule is FC(F)=C(F)P(F)(F)(C(F)(F)C(F)(F)F)C(F)(F)C(F)(F)F. The van der Waals surface area contributed by atoms with Gasteiger partial charge in [0.15, 0.2) is 0 Å². The molecule has 0 aliphatic rings. The maximum absolute atomic E-state index is 13.3. The number of hydrogen-bond donors (Lipinski definition) is 0. The van der Waals surface area contributed by atoms with Crippen LogP contribution in [0.25, 0.3) is 0 Å². The minimum atomic E-state index is -11.6. The summed E-state index contributed by atoms with van der Waals surface area (Å²) in [5.74, 6) is 0. The third-order valence-corrected chi connectivity index (χ3v) is 5.51. The molecule has 0 N–H and O–H groups in total. The first-order valence-corrected chi connectivity index (χ1v) is 6.23. The zero-order valence-electron chi connectivity index (χ0n) is 9.12. The van der Waals surface area contributed by atoms with E-state index in [0.29, 0.717) is 0 Å². The van der Waals surface area contributed by atoms with E-state index in [1.807, 2.05) is 0 Å².